The van der Waals surface area contributed by atoms with Gasteiger partial charge in [-0.2, -0.15) is 32.5 Å². The molecule has 4 nitrogen and oxygen atoms in total. The first-order valence-electron chi connectivity index (χ1n) is 5.74. The zero-order valence-corrected chi connectivity index (χ0v) is 10.8. The molecule has 0 N–H and O–H groups in total. The molecule has 0 atom stereocenters. The average Bonchev–Trinajstić information content (AvgIpc) is 2.82. The summed E-state index contributed by atoms with van der Waals surface area (Å²) in [5, 5.41) is 21.2. The summed E-state index contributed by atoms with van der Waals surface area (Å²) < 4.78 is 66.9. The van der Waals surface area contributed by atoms with Gasteiger partial charge in [-0.05, 0) is 6.42 Å². The van der Waals surface area contributed by atoms with Crippen molar-refractivity contribution in [1.29, 1.82) is 10.5 Å². The SMILES string of the molecule is CC(F)(F)c1cc(CC(C#N)(C#N)CCC(F)(F)F)no1. The van der Waals surface area contributed by atoms with Crippen molar-refractivity contribution in [2.24, 2.45) is 5.41 Å². The molecule has 0 fully saturated rings. The first-order chi connectivity index (χ1) is 9.51. The highest BCUT2D eigenvalue weighted by atomic mass is 19.4. The van der Waals surface area contributed by atoms with Crippen LogP contribution in [0.2, 0.25) is 0 Å². The molecule has 114 valence electrons. The third-order valence-electron chi connectivity index (χ3n) is 2.74. The fourth-order valence-electron chi connectivity index (χ4n) is 1.57. The molecule has 1 aromatic heterocycles. The van der Waals surface area contributed by atoms with E-state index in [9.17, 15) is 22.0 Å². The number of hydrogen-bond donors (Lipinski definition) is 0. The lowest BCUT2D eigenvalue weighted by Crippen LogP contribution is -2.23. The Hall–Kier alpha value is -2.16. The second-order valence-electron chi connectivity index (χ2n) is 4.67. The molecule has 21 heavy (non-hydrogen) atoms. The number of nitrogens with zero attached hydrogens (tertiary/aromatic N) is 3. The van der Waals surface area contributed by atoms with E-state index in [-0.39, 0.29) is 5.69 Å². The maximum Gasteiger partial charge on any atom is 0.389 e. The van der Waals surface area contributed by atoms with Crippen LogP contribution in [0.5, 0.6) is 0 Å². The van der Waals surface area contributed by atoms with Crippen LogP contribution in [0, 0.1) is 28.1 Å². The number of alkyl halides is 5. The number of nitriles is 2. The van der Waals surface area contributed by atoms with E-state index >= 15 is 0 Å². The second kappa shape index (κ2) is 5.68. The van der Waals surface area contributed by atoms with Crippen LogP contribution in [0.4, 0.5) is 22.0 Å². The molecule has 0 aromatic carbocycles. The van der Waals surface area contributed by atoms with Gasteiger partial charge in [0.25, 0.3) is 0 Å². The van der Waals surface area contributed by atoms with Crippen molar-refractivity contribution in [3.05, 3.63) is 17.5 Å². The van der Waals surface area contributed by atoms with Crippen molar-refractivity contribution in [1.82, 2.24) is 5.16 Å². The van der Waals surface area contributed by atoms with Gasteiger partial charge in [-0.1, -0.05) is 5.16 Å². The molecule has 0 unspecified atom stereocenters. The third-order valence-corrected chi connectivity index (χ3v) is 2.74. The Balaban J connectivity index is 2.92. The highest BCUT2D eigenvalue weighted by molar-refractivity contribution is 5.21. The van der Waals surface area contributed by atoms with Gasteiger partial charge in [-0.15, -0.1) is 0 Å². The highest BCUT2D eigenvalue weighted by Gasteiger charge is 2.38. The standard InChI is InChI=1S/C12H10F5N3O/c1-10(13,14)9-4-8(20-21-9)5-11(6-18,7-19)2-3-12(15,16)17/h4H,2-3,5H2,1H3. The Morgan fingerprint density at radius 1 is 1.14 bits per heavy atom. The Labute approximate surface area is 116 Å². The van der Waals surface area contributed by atoms with Crippen LogP contribution in [-0.4, -0.2) is 11.3 Å². The summed E-state index contributed by atoms with van der Waals surface area (Å²) in [4.78, 5) is 0. The van der Waals surface area contributed by atoms with Crippen molar-refractivity contribution in [3.63, 3.8) is 0 Å². The number of aromatic nitrogens is 1. The number of halogens is 5. The molecular formula is C12H10F5N3O. The molecule has 0 aliphatic heterocycles. The van der Waals surface area contributed by atoms with Gasteiger partial charge in [0, 0.05) is 25.8 Å². The van der Waals surface area contributed by atoms with Crippen LogP contribution in [0.25, 0.3) is 0 Å². The zero-order chi connectivity index (χ0) is 16.3. The predicted molar refractivity (Wildman–Crippen MR) is 58.7 cm³/mol. The predicted octanol–water partition coefficient (Wildman–Crippen LogP) is 3.70. The van der Waals surface area contributed by atoms with E-state index in [2.05, 4.69) is 9.68 Å². The Morgan fingerprint density at radius 2 is 1.71 bits per heavy atom. The van der Waals surface area contributed by atoms with Crippen molar-refractivity contribution in [3.8, 4) is 12.1 Å². The summed E-state index contributed by atoms with van der Waals surface area (Å²) in [7, 11) is 0. The van der Waals surface area contributed by atoms with Crippen LogP contribution >= 0.6 is 0 Å². The molecule has 0 bridgehead atoms. The van der Waals surface area contributed by atoms with Gasteiger partial charge in [0.05, 0.1) is 17.8 Å². The summed E-state index contributed by atoms with van der Waals surface area (Å²) in [5.41, 5.74) is -2.16. The zero-order valence-electron chi connectivity index (χ0n) is 10.8. The van der Waals surface area contributed by atoms with Crippen LogP contribution in [0.3, 0.4) is 0 Å². The fourth-order valence-corrected chi connectivity index (χ4v) is 1.57. The molecular weight excluding hydrogens is 297 g/mol. The van der Waals surface area contributed by atoms with Crippen molar-refractivity contribution >= 4 is 0 Å². The number of hydrogen-bond acceptors (Lipinski definition) is 4. The number of rotatable bonds is 5. The van der Waals surface area contributed by atoms with E-state index in [4.69, 9.17) is 10.5 Å². The van der Waals surface area contributed by atoms with Gasteiger partial charge in [-0.25, -0.2) is 0 Å². The Morgan fingerprint density at radius 3 is 2.10 bits per heavy atom. The van der Waals surface area contributed by atoms with Crippen LogP contribution in [0.1, 0.15) is 31.2 Å². The van der Waals surface area contributed by atoms with Gasteiger partial charge in [-0.3, -0.25) is 0 Å². The monoisotopic (exact) mass is 307 g/mol. The Kier molecular flexibility index (Phi) is 4.57. The third kappa shape index (κ3) is 4.71. The van der Waals surface area contributed by atoms with Crippen molar-refractivity contribution in [2.45, 2.75) is 38.3 Å². The first-order valence-corrected chi connectivity index (χ1v) is 5.74. The van der Waals surface area contributed by atoms with Gasteiger partial charge >= 0.3 is 12.1 Å². The maximum absolute atomic E-state index is 13.0. The molecule has 1 heterocycles. The average molecular weight is 307 g/mol. The van der Waals surface area contributed by atoms with E-state index in [1.807, 2.05) is 0 Å². The van der Waals surface area contributed by atoms with Gasteiger partial charge in [0.1, 0.15) is 5.41 Å². The molecule has 0 aliphatic carbocycles. The molecule has 0 saturated carbocycles. The Bertz CT molecular complexity index is 559. The lowest BCUT2D eigenvalue weighted by molar-refractivity contribution is -0.138. The summed E-state index contributed by atoms with van der Waals surface area (Å²) in [6, 6.07) is 3.84. The topological polar surface area (TPSA) is 73.6 Å². The largest absolute Gasteiger partial charge is 0.389 e. The van der Waals surface area contributed by atoms with Gasteiger partial charge in [0.2, 0.25) is 5.76 Å². The smallest absolute Gasteiger partial charge is 0.355 e. The van der Waals surface area contributed by atoms with E-state index in [0.29, 0.717) is 6.92 Å². The normalized spacial score (nSPS) is 12.8. The van der Waals surface area contributed by atoms with Gasteiger partial charge < -0.3 is 4.52 Å². The molecule has 0 amide bonds. The fraction of sp³-hybridized carbons (Fsp3) is 0.583. The molecule has 0 radical (unpaired) electrons. The summed E-state index contributed by atoms with van der Waals surface area (Å²) in [5.74, 6) is -4.09. The van der Waals surface area contributed by atoms with Crippen LogP contribution in [-0.2, 0) is 12.3 Å². The summed E-state index contributed by atoms with van der Waals surface area (Å²) >= 11 is 0. The molecule has 0 saturated heterocycles. The minimum absolute atomic E-state index is 0.170. The molecule has 9 heteroatoms. The van der Waals surface area contributed by atoms with Crippen LogP contribution in [0.15, 0.2) is 10.6 Å². The lowest BCUT2D eigenvalue weighted by Gasteiger charge is -2.17. The second-order valence-corrected chi connectivity index (χ2v) is 4.67. The van der Waals surface area contributed by atoms with Crippen molar-refractivity contribution < 1.29 is 26.5 Å². The minimum Gasteiger partial charge on any atom is -0.355 e. The van der Waals surface area contributed by atoms with E-state index in [1.165, 1.54) is 12.1 Å². The van der Waals surface area contributed by atoms with Gasteiger partial charge in [0.15, 0.2) is 0 Å². The quantitative estimate of drug-likeness (QED) is 0.777. The summed E-state index contributed by atoms with van der Waals surface area (Å²) in [6.07, 6.45) is -7.14. The minimum atomic E-state index is -4.52. The molecule has 0 spiro atoms. The molecule has 1 aromatic rings. The van der Waals surface area contributed by atoms with E-state index in [1.54, 1.807) is 0 Å². The first kappa shape index (κ1) is 16.9. The van der Waals surface area contributed by atoms with Crippen LogP contribution < -0.4 is 0 Å². The summed E-state index contributed by atoms with van der Waals surface area (Å²) in [6.45, 7) is 0.558. The van der Waals surface area contributed by atoms with E-state index < -0.39 is 42.5 Å². The molecule has 0 aliphatic rings. The van der Waals surface area contributed by atoms with E-state index in [0.717, 1.165) is 6.07 Å². The highest BCUT2D eigenvalue weighted by Crippen LogP contribution is 2.34. The molecule has 1 rings (SSSR count). The maximum atomic E-state index is 13.0. The lowest BCUT2D eigenvalue weighted by atomic mass is 9.81. The van der Waals surface area contributed by atoms with Crippen molar-refractivity contribution in [2.75, 3.05) is 0 Å².